The summed E-state index contributed by atoms with van der Waals surface area (Å²) in [6.07, 6.45) is 4.38. The van der Waals surface area contributed by atoms with E-state index in [4.69, 9.17) is 4.74 Å². The third-order valence-corrected chi connectivity index (χ3v) is 6.56. The Labute approximate surface area is 177 Å². The number of aliphatic carboxylic acids is 1. The van der Waals surface area contributed by atoms with E-state index in [2.05, 4.69) is 9.97 Å². The molecular weight excluding hydrogens is 395 g/mol. The van der Waals surface area contributed by atoms with Crippen LogP contribution >= 0.6 is 0 Å². The van der Waals surface area contributed by atoms with Gasteiger partial charge in [-0.3, -0.25) is 4.79 Å². The van der Waals surface area contributed by atoms with Gasteiger partial charge in [-0.15, -0.1) is 0 Å². The molecule has 1 fully saturated rings. The van der Waals surface area contributed by atoms with Crippen molar-refractivity contribution in [1.29, 1.82) is 0 Å². The number of ether oxygens (including phenoxy) is 1. The predicted molar refractivity (Wildman–Crippen MR) is 113 cm³/mol. The van der Waals surface area contributed by atoms with Crippen LogP contribution in [0.4, 0.5) is 4.39 Å². The zero-order valence-corrected chi connectivity index (χ0v) is 16.5. The van der Waals surface area contributed by atoms with Gasteiger partial charge in [-0.1, -0.05) is 12.1 Å². The molecule has 4 aromatic rings. The molecule has 2 aliphatic carbocycles. The normalized spacial score (nSPS) is 21.0. The second kappa shape index (κ2) is 6.67. The minimum Gasteiger partial charge on any atom is -0.489 e. The summed E-state index contributed by atoms with van der Waals surface area (Å²) in [6, 6.07) is 14.7. The number of halogens is 1. The van der Waals surface area contributed by atoms with Crippen molar-refractivity contribution in [3.05, 3.63) is 83.4 Å². The molecule has 0 saturated heterocycles. The van der Waals surface area contributed by atoms with Crippen LogP contribution in [0.2, 0.25) is 0 Å². The molecule has 31 heavy (non-hydrogen) atoms. The summed E-state index contributed by atoms with van der Waals surface area (Å²) >= 11 is 0. The van der Waals surface area contributed by atoms with Crippen molar-refractivity contribution in [3.63, 3.8) is 0 Å². The van der Waals surface area contributed by atoms with Crippen LogP contribution in [0.25, 0.3) is 22.2 Å². The summed E-state index contributed by atoms with van der Waals surface area (Å²) < 4.78 is 20.3. The number of aromatic amines is 1. The lowest BCUT2D eigenvalue weighted by molar-refractivity contribution is -0.139. The molecule has 0 radical (unpaired) electrons. The van der Waals surface area contributed by atoms with E-state index in [9.17, 15) is 14.3 Å². The maximum Gasteiger partial charge on any atom is 0.307 e. The lowest BCUT2D eigenvalue weighted by Gasteiger charge is -2.12. The van der Waals surface area contributed by atoms with Crippen LogP contribution in [-0.2, 0) is 17.8 Å². The zero-order chi connectivity index (χ0) is 21.1. The summed E-state index contributed by atoms with van der Waals surface area (Å²) in [5.41, 5.74) is 5.34. The molecule has 0 bridgehead atoms. The van der Waals surface area contributed by atoms with Crippen molar-refractivity contribution in [3.8, 4) is 16.9 Å². The fourth-order valence-electron chi connectivity index (χ4n) is 4.94. The minimum atomic E-state index is -0.706. The molecule has 0 amide bonds. The smallest absolute Gasteiger partial charge is 0.307 e. The van der Waals surface area contributed by atoms with Crippen molar-refractivity contribution in [2.45, 2.75) is 18.9 Å². The van der Waals surface area contributed by atoms with Crippen LogP contribution in [0.5, 0.6) is 5.75 Å². The van der Waals surface area contributed by atoms with Gasteiger partial charge in [0.25, 0.3) is 0 Å². The van der Waals surface area contributed by atoms with Crippen molar-refractivity contribution >= 4 is 17.0 Å². The van der Waals surface area contributed by atoms with Gasteiger partial charge in [0.15, 0.2) is 0 Å². The van der Waals surface area contributed by atoms with Crippen molar-refractivity contribution < 1.29 is 19.0 Å². The second-order valence-electron chi connectivity index (χ2n) is 8.35. The first-order valence-corrected chi connectivity index (χ1v) is 10.3. The van der Waals surface area contributed by atoms with Gasteiger partial charge < -0.3 is 14.8 Å². The molecule has 2 aromatic heterocycles. The van der Waals surface area contributed by atoms with Crippen molar-refractivity contribution in [2.24, 2.45) is 11.8 Å². The van der Waals surface area contributed by atoms with Crippen LogP contribution in [0.15, 0.2) is 60.9 Å². The Hall–Kier alpha value is -3.67. The summed E-state index contributed by atoms with van der Waals surface area (Å²) in [5, 5.41) is 10.3. The van der Waals surface area contributed by atoms with Crippen LogP contribution < -0.4 is 4.74 Å². The molecule has 6 rings (SSSR count). The van der Waals surface area contributed by atoms with Crippen molar-refractivity contribution in [1.82, 2.24) is 9.97 Å². The quantitative estimate of drug-likeness (QED) is 0.486. The van der Waals surface area contributed by atoms with Crippen LogP contribution in [-0.4, -0.2) is 21.0 Å². The SMILES string of the molecule is O=C(O)[C@H]1[C@@H]2Cc3cc(OCc4cc(-c5cnc6[nH]ccc6c5)ccc4F)ccc3[C@@H]21. The third-order valence-electron chi connectivity index (χ3n) is 6.56. The maximum atomic E-state index is 14.4. The molecule has 1 saturated carbocycles. The number of nitrogens with zero attached hydrogens (tertiary/aromatic N) is 1. The number of H-pyrrole nitrogens is 1. The Morgan fingerprint density at radius 3 is 2.94 bits per heavy atom. The lowest BCUT2D eigenvalue weighted by Crippen LogP contribution is -2.05. The van der Waals surface area contributed by atoms with E-state index in [1.807, 2.05) is 36.5 Å². The highest BCUT2D eigenvalue weighted by Crippen LogP contribution is 2.61. The number of benzene rings is 2. The van der Waals surface area contributed by atoms with Crippen LogP contribution in [0.1, 0.15) is 22.6 Å². The predicted octanol–water partition coefficient (Wildman–Crippen LogP) is 4.92. The summed E-state index contributed by atoms with van der Waals surface area (Å²) in [6.45, 7) is 0.114. The topological polar surface area (TPSA) is 75.2 Å². The van der Waals surface area contributed by atoms with Gasteiger partial charge in [0.2, 0.25) is 0 Å². The Balaban J connectivity index is 1.21. The first kappa shape index (κ1) is 18.1. The Morgan fingerprint density at radius 2 is 2.06 bits per heavy atom. The molecule has 0 aliphatic heterocycles. The number of hydrogen-bond donors (Lipinski definition) is 2. The van der Waals surface area contributed by atoms with Gasteiger partial charge in [0.05, 0.1) is 5.92 Å². The molecular formula is C25H19FN2O3. The highest BCUT2D eigenvalue weighted by molar-refractivity contribution is 5.81. The summed E-state index contributed by atoms with van der Waals surface area (Å²) in [4.78, 5) is 18.7. The van der Waals surface area contributed by atoms with Gasteiger partial charge >= 0.3 is 5.97 Å². The minimum absolute atomic E-state index is 0.114. The first-order chi connectivity index (χ1) is 15.1. The lowest BCUT2D eigenvalue weighted by atomic mass is 10.0. The van der Waals surface area contributed by atoms with Gasteiger partial charge in [-0.2, -0.15) is 0 Å². The maximum absolute atomic E-state index is 14.4. The van der Waals surface area contributed by atoms with E-state index in [1.54, 1.807) is 18.3 Å². The van der Waals surface area contributed by atoms with E-state index < -0.39 is 5.97 Å². The van der Waals surface area contributed by atoms with E-state index in [1.165, 1.54) is 6.07 Å². The van der Waals surface area contributed by atoms with E-state index >= 15 is 0 Å². The molecule has 5 nitrogen and oxygen atoms in total. The third kappa shape index (κ3) is 2.98. The average Bonchev–Trinajstić information content (AvgIpc) is 3.11. The van der Waals surface area contributed by atoms with E-state index in [0.29, 0.717) is 11.3 Å². The number of carboxylic acid groups (broad SMARTS) is 1. The number of carbonyl (C=O) groups is 1. The number of nitrogens with one attached hydrogen (secondary N) is 1. The van der Waals surface area contributed by atoms with Gasteiger partial charge in [0.1, 0.15) is 23.8 Å². The molecule has 0 unspecified atom stereocenters. The number of rotatable bonds is 5. The molecule has 2 heterocycles. The average molecular weight is 414 g/mol. The van der Waals surface area contributed by atoms with Gasteiger partial charge in [-0.25, -0.2) is 9.37 Å². The molecule has 3 atom stereocenters. The Bertz CT molecular complexity index is 1350. The van der Waals surface area contributed by atoms with E-state index in [-0.39, 0.29) is 30.2 Å². The highest BCUT2D eigenvalue weighted by atomic mass is 19.1. The number of pyridine rings is 1. The van der Waals surface area contributed by atoms with Gasteiger partial charge in [0, 0.05) is 34.8 Å². The van der Waals surface area contributed by atoms with Crippen LogP contribution in [0, 0.1) is 17.7 Å². The highest BCUT2D eigenvalue weighted by Gasteiger charge is 2.59. The molecule has 6 heteroatoms. The number of carboxylic acids is 1. The summed E-state index contributed by atoms with van der Waals surface area (Å²) in [5.74, 6) is -0.235. The standard InChI is InChI=1S/C25H19FN2O3/c26-21-4-1-13(16-8-14-5-6-27-24(14)28-11-16)7-17(21)12-31-18-2-3-19-15(9-18)10-20-22(19)23(20)25(29)30/h1-9,11,20,22-23H,10,12H2,(H,27,28)(H,29,30)/t20-,22+,23+/m1/s1. The molecule has 2 aromatic carbocycles. The number of fused-ring (bicyclic) bond motifs is 4. The molecule has 2 N–H and O–H groups in total. The zero-order valence-electron chi connectivity index (χ0n) is 16.5. The van der Waals surface area contributed by atoms with E-state index in [0.717, 1.165) is 39.7 Å². The fourth-order valence-corrected chi connectivity index (χ4v) is 4.94. The Morgan fingerprint density at radius 1 is 1.16 bits per heavy atom. The first-order valence-electron chi connectivity index (χ1n) is 10.3. The van der Waals surface area contributed by atoms with Gasteiger partial charge in [-0.05, 0) is 65.4 Å². The Kier molecular flexibility index (Phi) is 3.90. The number of hydrogen-bond acceptors (Lipinski definition) is 3. The monoisotopic (exact) mass is 414 g/mol. The largest absolute Gasteiger partial charge is 0.489 e. The number of aromatic nitrogens is 2. The van der Waals surface area contributed by atoms with Crippen LogP contribution in [0.3, 0.4) is 0 Å². The molecule has 154 valence electrons. The molecule has 0 spiro atoms. The molecule has 2 aliphatic rings. The van der Waals surface area contributed by atoms with Crippen molar-refractivity contribution in [2.75, 3.05) is 0 Å². The summed E-state index contributed by atoms with van der Waals surface area (Å²) in [7, 11) is 0. The second-order valence-corrected chi connectivity index (χ2v) is 8.35. The fraction of sp³-hybridized carbons (Fsp3) is 0.200.